The highest BCUT2D eigenvalue weighted by molar-refractivity contribution is 7.12. The van der Waals surface area contributed by atoms with Crippen LogP contribution in [0.2, 0.25) is 0 Å². The fraction of sp³-hybridized carbons (Fsp3) is 0.714. The zero-order chi connectivity index (χ0) is 12.3. The maximum Gasteiger partial charge on any atom is 0.0835 e. The number of fused-ring (bicyclic) bond motifs is 1. The van der Waals surface area contributed by atoms with Crippen molar-refractivity contribution in [2.45, 2.75) is 51.7 Å². The molecule has 1 aliphatic rings. The summed E-state index contributed by atoms with van der Waals surface area (Å²) in [6, 6.07) is 2.94. The molecule has 2 nitrogen and oxygen atoms in total. The molecule has 2 unspecified atom stereocenters. The lowest BCUT2D eigenvalue weighted by atomic mass is 9.95. The first kappa shape index (κ1) is 13.1. The van der Waals surface area contributed by atoms with Crippen LogP contribution in [0, 0.1) is 0 Å². The van der Waals surface area contributed by atoms with Gasteiger partial charge in [-0.1, -0.05) is 0 Å². The lowest BCUT2D eigenvalue weighted by Crippen LogP contribution is -2.22. The van der Waals surface area contributed by atoms with Crippen LogP contribution in [0.1, 0.15) is 48.1 Å². The van der Waals surface area contributed by atoms with Gasteiger partial charge >= 0.3 is 0 Å². The summed E-state index contributed by atoms with van der Waals surface area (Å²) in [4.78, 5) is 3.07. The van der Waals surface area contributed by atoms with Gasteiger partial charge in [-0.15, -0.1) is 11.3 Å². The fourth-order valence-corrected chi connectivity index (χ4v) is 3.84. The van der Waals surface area contributed by atoms with E-state index in [1.54, 1.807) is 4.88 Å². The predicted octanol–water partition coefficient (Wildman–Crippen LogP) is 3.31. The molecule has 1 heterocycles. The van der Waals surface area contributed by atoms with E-state index in [1.165, 1.54) is 29.7 Å². The second kappa shape index (κ2) is 5.98. The number of nitrogens with one attached hydrogen (secondary N) is 1. The SMILES string of the molecule is CCOC1CCCc2sc(CC(C)NC)cc21. The molecule has 1 aliphatic carbocycles. The van der Waals surface area contributed by atoms with Gasteiger partial charge in [-0.3, -0.25) is 0 Å². The van der Waals surface area contributed by atoms with E-state index in [4.69, 9.17) is 4.74 Å². The van der Waals surface area contributed by atoms with Gasteiger partial charge in [0.1, 0.15) is 0 Å². The summed E-state index contributed by atoms with van der Waals surface area (Å²) in [7, 11) is 2.03. The molecule has 0 fully saturated rings. The summed E-state index contributed by atoms with van der Waals surface area (Å²) < 4.78 is 5.84. The van der Waals surface area contributed by atoms with E-state index in [2.05, 4.69) is 25.2 Å². The number of ether oxygens (including phenoxy) is 1. The largest absolute Gasteiger partial charge is 0.374 e. The Kier molecular flexibility index (Phi) is 4.60. The van der Waals surface area contributed by atoms with Crippen molar-refractivity contribution in [3.8, 4) is 0 Å². The van der Waals surface area contributed by atoms with E-state index in [0.717, 1.165) is 13.0 Å². The second-order valence-corrected chi connectivity index (χ2v) is 6.04. The van der Waals surface area contributed by atoms with Crippen molar-refractivity contribution in [1.29, 1.82) is 0 Å². The van der Waals surface area contributed by atoms with Crippen LogP contribution in [-0.2, 0) is 17.6 Å². The molecule has 96 valence electrons. The number of hydrogen-bond donors (Lipinski definition) is 1. The Labute approximate surface area is 108 Å². The van der Waals surface area contributed by atoms with Gasteiger partial charge < -0.3 is 10.1 Å². The first-order chi connectivity index (χ1) is 8.24. The lowest BCUT2D eigenvalue weighted by Gasteiger charge is -2.22. The monoisotopic (exact) mass is 253 g/mol. The van der Waals surface area contributed by atoms with E-state index < -0.39 is 0 Å². The zero-order valence-corrected chi connectivity index (χ0v) is 11.9. The molecule has 0 bridgehead atoms. The van der Waals surface area contributed by atoms with Crippen LogP contribution in [0.4, 0.5) is 0 Å². The van der Waals surface area contributed by atoms with Gasteiger partial charge in [0.05, 0.1) is 6.10 Å². The standard InChI is InChI=1S/C14H23NOS/c1-4-16-13-6-5-7-14-12(13)9-11(17-14)8-10(2)15-3/h9-10,13,15H,4-8H2,1-3H3. The summed E-state index contributed by atoms with van der Waals surface area (Å²) in [5.74, 6) is 0. The molecule has 0 amide bonds. The molecule has 0 radical (unpaired) electrons. The van der Waals surface area contributed by atoms with Crippen molar-refractivity contribution in [1.82, 2.24) is 5.32 Å². The van der Waals surface area contributed by atoms with Crippen LogP contribution in [0.3, 0.4) is 0 Å². The minimum atomic E-state index is 0.360. The Balaban J connectivity index is 2.12. The summed E-state index contributed by atoms with van der Waals surface area (Å²) in [5, 5.41) is 3.31. The van der Waals surface area contributed by atoms with Crippen molar-refractivity contribution >= 4 is 11.3 Å². The number of rotatable bonds is 5. The first-order valence-electron chi connectivity index (χ1n) is 6.65. The lowest BCUT2D eigenvalue weighted by molar-refractivity contribution is 0.0506. The van der Waals surface area contributed by atoms with Gasteiger partial charge in [0, 0.05) is 22.4 Å². The third kappa shape index (κ3) is 3.09. The van der Waals surface area contributed by atoms with E-state index in [0.29, 0.717) is 12.1 Å². The van der Waals surface area contributed by atoms with Crippen molar-refractivity contribution in [2.24, 2.45) is 0 Å². The Morgan fingerprint density at radius 2 is 2.41 bits per heavy atom. The Hall–Kier alpha value is -0.380. The van der Waals surface area contributed by atoms with E-state index in [1.807, 2.05) is 18.4 Å². The summed E-state index contributed by atoms with van der Waals surface area (Å²) in [6.45, 7) is 5.14. The highest BCUT2D eigenvalue weighted by atomic mass is 32.1. The Bertz CT molecular complexity index is 361. The van der Waals surface area contributed by atoms with Crippen molar-refractivity contribution in [2.75, 3.05) is 13.7 Å². The van der Waals surface area contributed by atoms with Crippen molar-refractivity contribution in [3.63, 3.8) is 0 Å². The minimum Gasteiger partial charge on any atom is -0.374 e. The van der Waals surface area contributed by atoms with Crippen LogP contribution in [-0.4, -0.2) is 19.7 Å². The van der Waals surface area contributed by atoms with Crippen LogP contribution in [0.5, 0.6) is 0 Å². The third-order valence-corrected chi connectivity index (χ3v) is 4.71. The van der Waals surface area contributed by atoms with Gasteiger partial charge in [-0.25, -0.2) is 0 Å². The van der Waals surface area contributed by atoms with Crippen molar-refractivity contribution in [3.05, 3.63) is 21.4 Å². The minimum absolute atomic E-state index is 0.360. The van der Waals surface area contributed by atoms with E-state index in [9.17, 15) is 0 Å². The van der Waals surface area contributed by atoms with Crippen LogP contribution < -0.4 is 5.32 Å². The first-order valence-corrected chi connectivity index (χ1v) is 7.46. The molecule has 0 aliphatic heterocycles. The van der Waals surface area contributed by atoms with Gasteiger partial charge in [0.2, 0.25) is 0 Å². The normalized spacial score (nSPS) is 21.2. The molecule has 0 aromatic carbocycles. The molecular formula is C14H23NOS. The maximum absolute atomic E-state index is 5.84. The van der Waals surface area contributed by atoms with Crippen LogP contribution >= 0.6 is 11.3 Å². The smallest absolute Gasteiger partial charge is 0.0835 e. The Morgan fingerprint density at radius 1 is 1.59 bits per heavy atom. The number of thiophene rings is 1. The molecule has 0 saturated heterocycles. The highest BCUT2D eigenvalue weighted by Crippen LogP contribution is 2.38. The summed E-state index contributed by atoms with van der Waals surface area (Å²) in [6.07, 6.45) is 5.21. The summed E-state index contributed by atoms with van der Waals surface area (Å²) >= 11 is 1.99. The molecular weight excluding hydrogens is 230 g/mol. The molecule has 0 saturated carbocycles. The number of aryl methyl sites for hydroxylation is 1. The van der Waals surface area contributed by atoms with Crippen LogP contribution in [0.25, 0.3) is 0 Å². The molecule has 1 aromatic heterocycles. The highest BCUT2D eigenvalue weighted by Gasteiger charge is 2.23. The van der Waals surface area contributed by atoms with Crippen LogP contribution in [0.15, 0.2) is 6.07 Å². The average molecular weight is 253 g/mol. The molecule has 2 rings (SSSR count). The maximum atomic E-state index is 5.84. The van der Waals surface area contributed by atoms with Gasteiger partial charge in [0.25, 0.3) is 0 Å². The van der Waals surface area contributed by atoms with Gasteiger partial charge in [-0.2, -0.15) is 0 Å². The molecule has 2 atom stereocenters. The van der Waals surface area contributed by atoms with E-state index in [-0.39, 0.29) is 0 Å². The quantitative estimate of drug-likeness (QED) is 0.869. The molecule has 1 N–H and O–H groups in total. The zero-order valence-electron chi connectivity index (χ0n) is 11.1. The predicted molar refractivity (Wildman–Crippen MR) is 73.8 cm³/mol. The fourth-order valence-electron chi connectivity index (χ4n) is 2.45. The molecule has 1 aromatic rings. The Morgan fingerprint density at radius 3 is 3.12 bits per heavy atom. The van der Waals surface area contributed by atoms with Gasteiger partial charge in [0.15, 0.2) is 0 Å². The van der Waals surface area contributed by atoms with Gasteiger partial charge in [-0.05, 0) is 58.2 Å². The third-order valence-electron chi connectivity index (χ3n) is 3.48. The second-order valence-electron chi connectivity index (χ2n) is 4.82. The molecule has 17 heavy (non-hydrogen) atoms. The van der Waals surface area contributed by atoms with Crippen molar-refractivity contribution < 1.29 is 4.74 Å². The average Bonchev–Trinajstić information content (AvgIpc) is 2.72. The summed E-state index contributed by atoms with van der Waals surface area (Å²) in [5.41, 5.74) is 1.47. The number of likely N-dealkylation sites (N-methyl/N-ethyl adjacent to an activating group) is 1. The number of hydrogen-bond acceptors (Lipinski definition) is 3. The molecule has 3 heteroatoms. The topological polar surface area (TPSA) is 21.3 Å². The molecule has 0 spiro atoms. The van der Waals surface area contributed by atoms with E-state index >= 15 is 0 Å².